The van der Waals surface area contributed by atoms with Gasteiger partial charge in [0.05, 0.1) is 0 Å². The molecule has 0 aliphatic rings. The third kappa shape index (κ3) is 3.08. The summed E-state index contributed by atoms with van der Waals surface area (Å²) in [6.45, 7) is -5.21. The normalized spacial score (nSPS) is 12.7. The van der Waals surface area contributed by atoms with Gasteiger partial charge in [-0.1, -0.05) is 24.3 Å². The molecule has 0 aliphatic carbocycles. The van der Waals surface area contributed by atoms with Crippen molar-refractivity contribution in [1.29, 1.82) is 0 Å². The van der Waals surface area contributed by atoms with E-state index >= 15 is 0 Å². The molecule has 4 nitrogen and oxygen atoms in total. The molecule has 2 aromatic rings. The Morgan fingerprint density at radius 1 is 0.682 bits per heavy atom. The van der Waals surface area contributed by atoms with Gasteiger partial charge >= 0.3 is 0 Å². The molecule has 0 aliphatic heterocycles. The first-order valence-corrected chi connectivity index (χ1v) is 11.7. The Labute approximate surface area is 141 Å². The Morgan fingerprint density at radius 2 is 1.05 bits per heavy atom. The summed E-state index contributed by atoms with van der Waals surface area (Å²) >= 11 is 11.2. The van der Waals surface area contributed by atoms with Crippen molar-refractivity contribution in [3.63, 3.8) is 0 Å². The predicted molar refractivity (Wildman–Crippen MR) is 99.8 cm³/mol. The highest BCUT2D eigenvalue weighted by Gasteiger charge is 2.28. The first-order valence-electron chi connectivity index (χ1n) is 6.41. The van der Waals surface area contributed by atoms with E-state index in [1.165, 1.54) is 0 Å². The number of fused-ring (bicyclic) bond motifs is 1. The fourth-order valence-electron chi connectivity index (χ4n) is 2.30. The summed E-state index contributed by atoms with van der Waals surface area (Å²) in [5.74, 6) is 0. The van der Waals surface area contributed by atoms with E-state index in [9.17, 15) is 0 Å². The van der Waals surface area contributed by atoms with Crippen LogP contribution < -0.4 is 10.6 Å². The number of hydrogen-bond donors (Lipinski definition) is 0. The van der Waals surface area contributed by atoms with Crippen LogP contribution in [0.15, 0.2) is 36.4 Å². The first-order chi connectivity index (χ1) is 10.5. The van der Waals surface area contributed by atoms with Gasteiger partial charge in [-0.3, -0.25) is 0 Å². The van der Waals surface area contributed by atoms with E-state index in [0.717, 1.165) is 21.4 Å². The minimum absolute atomic E-state index is 0.823. The van der Waals surface area contributed by atoms with Gasteiger partial charge in [-0.2, -0.15) is 0 Å². The van der Waals surface area contributed by atoms with Crippen LogP contribution in [0.25, 0.3) is 10.8 Å². The maximum Gasteiger partial charge on any atom is 0.219 e. The van der Waals surface area contributed by atoms with E-state index in [4.69, 9.17) is 41.7 Å². The van der Waals surface area contributed by atoms with E-state index in [1.807, 2.05) is 36.4 Å². The second-order valence-electron chi connectivity index (χ2n) is 4.38. The van der Waals surface area contributed by atoms with E-state index in [2.05, 4.69) is 0 Å². The molecule has 22 heavy (non-hydrogen) atoms. The van der Waals surface area contributed by atoms with Crippen LogP contribution in [0, 0.1) is 0 Å². The molecule has 0 spiro atoms. The Morgan fingerprint density at radius 3 is 1.36 bits per heavy atom. The van der Waals surface area contributed by atoms with Gasteiger partial charge in [0.25, 0.3) is 0 Å². The summed E-state index contributed by atoms with van der Waals surface area (Å²) in [7, 11) is 6.26. The summed E-state index contributed by atoms with van der Waals surface area (Å²) in [4.78, 5) is 0. The molecule has 0 heterocycles. The summed E-state index contributed by atoms with van der Waals surface area (Å²) in [6, 6.07) is 11.7. The number of hydrogen-bond acceptors (Lipinski definition) is 6. The summed E-state index contributed by atoms with van der Waals surface area (Å²) in [5, 5.41) is 3.55. The predicted octanol–water partition coefficient (Wildman–Crippen LogP) is 3.30. The summed E-state index contributed by atoms with van der Waals surface area (Å²) in [6.07, 6.45) is 0. The molecular weight excluding hydrogens is 358 g/mol. The molecule has 120 valence electrons. The van der Waals surface area contributed by atoms with Crippen LogP contribution >= 0.6 is 13.0 Å². The van der Waals surface area contributed by atoms with Gasteiger partial charge in [-0.05, 0) is 41.1 Å². The van der Waals surface area contributed by atoms with Crippen molar-refractivity contribution in [2.24, 2.45) is 0 Å². The molecule has 0 amide bonds. The van der Waals surface area contributed by atoms with Crippen LogP contribution in [-0.4, -0.2) is 28.4 Å². The second-order valence-corrected chi connectivity index (χ2v) is 11.7. The Hall–Kier alpha value is -0.160. The van der Waals surface area contributed by atoms with Gasteiger partial charge in [0, 0.05) is 44.4 Å². The maximum absolute atomic E-state index is 5.62. The highest BCUT2D eigenvalue weighted by molar-refractivity contribution is 8.14. The summed E-state index contributed by atoms with van der Waals surface area (Å²) < 4.78 is 22.1. The monoisotopic (exact) mass is 376 g/mol. The fraction of sp³-hybridized carbons (Fsp3) is 0.286. The third-order valence-corrected chi connectivity index (χ3v) is 10.2. The largest absolute Gasteiger partial charge is 0.329 e. The Kier molecular flexibility index (Phi) is 5.92. The quantitative estimate of drug-likeness (QED) is 0.721. The summed E-state index contributed by atoms with van der Waals surface area (Å²) in [5.41, 5.74) is 0. The molecular formula is C14H18O4P2S2. The molecule has 0 fully saturated rings. The lowest BCUT2D eigenvalue weighted by Gasteiger charge is -2.24. The van der Waals surface area contributed by atoms with Crippen molar-refractivity contribution in [3.8, 4) is 0 Å². The SMILES string of the molecule is COP(=S)(OC)c1cccc2cccc(P(=S)(OC)OC)c12. The van der Waals surface area contributed by atoms with Crippen molar-refractivity contribution in [1.82, 2.24) is 0 Å². The van der Waals surface area contributed by atoms with Crippen molar-refractivity contribution in [2.45, 2.75) is 0 Å². The number of rotatable bonds is 6. The molecule has 0 saturated heterocycles. The van der Waals surface area contributed by atoms with Crippen LogP contribution in [0.1, 0.15) is 0 Å². The molecule has 0 radical (unpaired) electrons. The number of benzene rings is 2. The molecule has 2 rings (SSSR count). The van der Waals surface area contributed by atoms with Crippen LogP contribution in [0.4, 0.5) is 0 Å². The molecule has 0 saturated carbocycles. The van der Waals surface area contributed by atoms with Crippen molar-refractivity contribution in [3.05, 3.63) is 36.4 Å². The minimum atomic E-state index is -2.60. The van der Waals surface area contributed by atoms with Gasteiger partial charge in [0.1, 0.15) is 0 Å². The van der Waals surface area contributed by atoms with Gasteiger partial charge in [-0.25, -0.2) is 0 Å². The molecule has 8 heteroatoms. The second kappa shape index (κ2) is 7.16. The lowest BCUT2D eigenvalue weighted by atomic mass is 10.1. The van der Waals surface area contributed by atoms with Crippen LogP contribution in [0.5, 0.6) is 0 Å². The zero-order valence-electron chi connectivity index (χ0n) is 12.8. The zero-order valence-corrected chi connectivity index (χ0v) is 16.2. The molecule has 0 atom stereocenters. The standard InChI is InChI=1S/C14H18O4P2S2/c1-15-19(21,16-2)12-9-5-7-11-8-6-10-13(14(11)12)20(22,17-3)18-4/h5-10H,1-4H3. The van der Waals surface area contributed by atoms with E-state index in [0.29, 0.717) is 0 Å². The lowest BCUT2D eigenvalue weighted by molar-refractivity contribution is 0.347. The van der Waals surface area contributed by atoms with Crippen molar-refractivity contribution >= 4 is 58.0 Å². The average molecular weight is 376 g/mol. The molecule has 2 aromatic carbocycles. The Bertz CT molecular complexity index is 702. The molecule has 0 unspecified atom stereocenters. The van der Waals surface area contributed by atoms with E-state index in [1.54, 1.807) is 28.4 Å². The van der Waals surface area contributed by atoms with Crippen LogP contribution in [0.3, 0.4) is 0 Å². The lowest BCUT2D eigenvalue weighted by Crippen LogP contribution is -2.18. The topological polar surface area (TPSA) is 36.9 Å². The van der Waals surface area contributed by atoms with Gasteiger partial charge < -0.3 is 18.1 Å². The highest BCUT2D eigenvalue weighted by atomic mass is 32.5. The van der Waals surface area contributed by atoms with E-state index in [-0.39, 0.29) is 0 Å². The van der Waals surface area contributed by atoms with Gasteiger partial charge in [0.15, 0.2) is 0 Å². The highest BCUT2D eigenvalue weighted by Crippen LogP contribution is 2.51. The zero-order chi connectivity index (χ0) is 16.4. The fourth-order valence-corrected chi connectivity index (χ4v) is 5.97. The minimum Gasteiger partial charge on any atom is -0.329 e. The van der Waals surface area contributed by atoms with Crippen molar-refractivity contribution in [2.75, 3.05) is 28.4 Å². The molecule has 0 N–H and O–H groups in total. The molecule has 0 aromatic heterocycles. The van der Waals surface area contributed by atoms with Crippen LogP contribution in [-0.2, 0) is 41.7 Å². The van der Waals surface area contributed by atoms with E-state index < -0.39 is 13.0 Å². The first kappa shape index (κ1) is 18.2. The van der Waals surface area contributed by atoms with Gasteiger partial charge in [0.2, 0.25) is 13.0 Å². The van der Waals surface area contributed by atoms with Gasteiger partial charge in [-0.15, -0.1) is 0 Å². The van der Waals surface area contributed by atoms with Crippen LogP contribution in [0.2, 0.25) is 0 Å². The molecule has 0 bridgehead atoms. The van der Waals surface area contributed by atoms with Crippen molar-refractivity contribution < 1.29 is 18.1 Å². The third-order valence-electron chi connectivity index (χ3n) is 3.41. The maximum atomic E-state index is 5.62. The Balaban J connectivity index is 2.92. The smallest absolute Gasteiger partial charge is 0.219 e. The average Bonchev–Trinajstić information content (AvgIpc) is 2.59.